The van der Waals surface area contributed by atoms with Crippen molar-refractivity contribution in [3.8, 4) is 0 Å². The second-order valence-electron chi connectivity index (χ2n) is 6.25. The molecule has 2 aromatic carbocycles. The molecule has 0 saturated carbocycles. The van der Waals surface area contributed by atoms with Crippen LogP contribution in [0, 0.1) is 0 Å². The number of carbonyl (C=O) groups excluding carboxylic acids is 1. The van der Waals surface area contributed by atoms with Crippen molar-refractivity contribution in [1.29, 1.82) is 0 Å². The van der Waals surface area contributed by atoms with Gasteiger partial charge in [-0.1, -0.05) is 80.4 Å². The molecule has 0 bridgehead atoms. The number of benzene rings is 2. The third kappa shape index (κ3) is 5.26. The van der Waals surface area contributed by atoms with E-state index in [1.165, 1.54) is 0 Å². The van der Waals surface area contributed by atoms with Crippen molar-refractivity contribution in [2.24, 2.45) is 0 Å². The summed E-state index contributed by atoms with van der Waals surface area (Å²) in [5, 5.41) is 11.5. The number of hydrogen-bond acceptors (Lipinski definition) is 4. The lowest BCUT2D eigenvalue weighted by Crippen LogP contribution is -2.61. The van der Waals surface area contributed by atoms with E-state index in [1.54, 1.807) is 6.92 Å². The monoisotopic (exact) mass is 358 g/mol. The molecule has 1 N–H and O–H groups in total. The highest BCUT2D eigenvalue weighted by atomic mass is 28.4. The molecule has 4 nitrogen and oxygen atoms in total. The largest absolute Gasteiger partial charge is 0.393 e. The lowest BCUT2D eigenvalue weighted by atomic mass is 10.3. The molecule has 0 saturated heterocycles. The zero-order valence-electron chi connectivity index (χ0n) is 14.9. The summed E-state index contributed by atoms with van der Waals surface area (Å²) in [7, 11) is -2.71. The fourth-order valence-electron chi connectivity index (χ4n) is 2.83. The SMILES string of the molecule is CCCC[Si](OOC(=O)CC(C)O)(c1ccccc1)c1ccccc1. The van der Waals surface area contributed by atoms with Gasteiger partial charge in [0.15, 0.2) is 0 Å². The van der Waals surface area contributed by atoms with Crippen LogP contribution in [0.2, 0.25) is 6.04 Å². The first kappa shape index (κ1) is 19.4. The third-order valence-electron chi connectivity index (χ3n) is 4.10. The van der Waals surface area contributed by atoms with Crippen LogP contribution in [-0.2, 0) is 14.3 Å². The lowest BCUT2D eigenvalue weighted by molar-refractivity contribution is -0.220. The Labute approximate surface area is 150 Å². The van der Waals surface area contributed by atoms with Crippen molar-refractivity contribution in [3.63, 3.8) is 0 Å². The fraction of sp³-hybridized carbons (Fsp3) is 0.350. The zero-order chi connectivity index (χ0) is 18.1. The minimum atomic E-state index is -2.71. The maximum atomic E-state index is 12.0. The van der Waals surface area contributed by atoms with E-state index < -0.39 is 20.4 Å². The molecule has 5 heteroatoms. The van der Waals surface area contributed by atoms with Crippen LogP contribution in [0.4, 0.5) is 0 Å². The molecule has 0 heterocycles. The van der Waals surface area contributed by atoms with Crippen LogP contribution in [0.1, 0.15) is 33.1 Å². The smallest absolute Gasteiger partial charge is 0.343 e. The van der Waals surface area contributed by atoms with Gasteiger partial charge in [0.05, 0.1) is 12.5 Å². The van der Waals surface area contributed by atoms with Gasteiger partial charge in [0.25, 0.3) is 0 Å². The minimum absolute atomic E-state index is 0.0815. The van der Waals surface area contributed by atoms with Gasteiger partial charge in [-0.05, 0) is 23.3 Å². The minimum Gasteiger partial charge on any atom is -0.393 e. The van der Waals surface area contributed by atoms with E-state index in [9.17, 15) is 9.90 Å². The maximum absolute atomic E-state index is 12.0. The molecule has 134 valence electrons. The van der Waals surface area contributed by atoms with E-state index in [4.69, 9.17) is 9.46 Å². The molecule has 0 fully saturated rings. The van der Waals surface area contributed by atoms with Crippen molar-refractivity contribution < 1.29 is 19.4 Å². The molecule has 2 rings (SSSR count). The first-order valence-electron chi connectivity index (χ1n) is 8.76. The Kier molecular flexibility index (Phi) is 7.37. The van der Waals surface area contributed by atoms with Crippen molar-refractivity contribution in [3.05, 3.63) is 60.7 Å². The predicted octanol–water partition coefficient (Wildman–Crippen LogP) is 2.79. The molecule has 0 aromatic heterocycles. The molecule has 1 unspecified atom stereocenters. The molecule has 2 aromatic rings. The number of aliphatic hydroxyl groups is 1. The first-order valence-corrected chi connectivity index (χ1v) is 10.9. The number of aliphatic hydroxyl groups excluding tert-OH is 1. The Morgan fingerprint density at radius 3 is 2.00 bits per heavy atom. The van der Waals surface area contributed by atoms with E-state index in [1.807, 2.05) is 60.7 Å². The standard InChI is InChI=1S/C20H26O4Si/c1-3-4-15-25(18-11-7-5-8-12-18,19-13-9-6-10-14-19)24-23-20(22)16-17(2)21/h5-14,17,21H,3-4,15-16H2,1-2H3. The van der Waals surface area contributed by atoms with Gasteiger partial charge in [-0.3, -0.25) is 0 Å². The highest BCUT2D eigenvalue weighted by Crippen LogP contribution is 2.18. The summed E-state index contributed by atoms with van der Waals surface area (Å²) < 4.78 is 5.94. The summed E-state index contributed by atoms with van der Waals surface area (Å²) in [5.74, 6) is -0.546. The summed E-state index contributed by atoms with van der Waals surface area (Å²) in [4.78, 5) is 17.1. The van der Waals surface area contributed by atoms with E-state index in [2.05, 4.69) is 6.92 Å². The maximum Gasteiger partial charge on any atom is 0.343 e. The van der Waals surface area contributed by atoms with E-state index >= 15 is 0 Å². The Morgan fingerprint density at radius 2 is 1.56 bits per heavy atom. The average Bonchev–Trinajstić information content (AvgIpc) is 2.63. The Balaban J connectivity index is 2.38. The molecule has 0 radical (unpaired) electrons. The van der Waals surface area contributed by atoms with Crippen LogP contribution < -0.4 is 10.4 Å². The molecule has 0 aliphatic rings. The van der Waals surface area contributed by atoms with Crippen LogP contribution >= 0.6 is 0 Å². The number of hydrogen-bond donors (Lipinski definition) is 1. The third-order valence-corrected chi connectivity index (χ3v) is 8.06. The topological polar surface area (TPSA) is 55.8 Å². The summed E-state index contributed by atoms with van der Waals surface area (Å²) in [6.07, 6.45) is 1.17. The van der Waals surface area contributed by atoms with Gasteiger partial charge in [0, 0.05) is 0 Å². The fourth-order valence-corrected chi connectivity index (χ4v) is 6.56. The lowest BCUT2D eigenvalue weighted by Gasteiger charge is -2.30. The van der Waals surface area contributed by atoms with Crippen molar-refractivity contribution in [1.82, 2.24) is 0 Å². The molecule has 1 atom stereocenters. The summed E-state index contributed by atoms with van der Waals surface area (Å²) in [5.41, 5.74) is 0. The van der Waals surface area contributed by atoms with Crippen LogP contribution in [0.15, 0.2) is 60.7 Å². The Morgan fingerprint density at radius 1 is 1.04 bits per heavy atom. The summed E-state index contributed by atoms with van der Waals surface area (Å²) >= 11 is 0. The van der Waals surface area contributed by atoms with Gasteiger partial charge in [-0.25, -0.2) is 9.37 Å². The van der Waals surface area contributed by atoms with E-state index in [0.717, 1.165) is 29.3 Å². The van der Waals surface area contributed by atoms with E-state index in [0.29, 0.717) is 0 Å². The molecule has 25 heavy (non-hydrogen) atoms. The quantitative estimate of drug-likeness (QED) is 0.425. The highest BCUT2D eigenvalue weighted by Gasteiger charge is 2.42. The van der Waals surface area contributed by atoms with Gasteiger partial charge >= 0.3 is 14.3 Å². The van der Waals surface area contributed by atoms with E-state index in [-0.39, 0.29) is 6.42 Å². The second-order valence-corrected chi connectivity index (χ2v) is 9.73. The first-order chi connectivity index (χ1) is 12.1. The Hall–Kier alpha value is -1.95. The summed E-state index contributed by atoms with van der Waals surface area (Å²) in [6, 6.07) is 20.8. The molecule has 0 aliphatic carbocycles. The number of carbonyl (C=O) groups is 1. The van der Waals surface area contributed by atoms with Crippen LogP contribution in [-0.4, -0.2) is 25.5 Å². The molecule has 0 spiro atoms. The summed E-state index contributed by atoms with van der Waals surface area (Å²) in [6.45, 7) is 3.69. The van der Waals surface area contributed by atoms with Crippen molar-refractivity contribution >= 4 is 24.7 Å². The molecule has 0 amide bonds. The number of unbranched alkanes of at least 4 members (excludes halogenated alkanes) is 1. The molecule has 0 aliphatic heterocycles. The van der Waals surface area contributed by atoms with Gasteiger partial charge in [-0.15, -0.1) is 0 Å². The van der Waals surface area contributed by atoms with Crippen molar-refractivity contribution in [2.45, 2.75) is 45.3 Å². The normalized spacial score (nSPS) is 12.6. The van der Waals surface area contributed by atoms with Gasteiger partial charge < -0.3 is 9.99 Å². The van der Waals surface area contributed by atoms with Gasteiger partial charge in [0.1, 0.15) is 0 Å². The second kappa shape index (κ2) is 9.51. The van der Waals surface area contributed by atoms with Crippen LogP contribution in [0.25, 0.3) is 0 Å². The predicted molar refractivity (Wildman–Crippen MR) is 101 cm³/mol. The average molecular weight is 359 g/mol. The van der Waals surface area contributed by atoms with Gasteiger partial charge in [0.2, 0.25) is 0 Å². The molecular formula is C20H26O4Si. The highest BCUT2D eigenvalue weighted by molar-refractivity contribution is 6.97. The van der Waals surface area contributed by atoms with Gasteiger partial charge in [-0.2, -0.15) is 0 Å². The van der Waals surface area contributed by atoms with Crippen molar-refractivity contribution in [2.75, 3.05) is 0 Å². The number of rotatable bonds is 9. The zero-order valence-corrected chi connectivity index (χ0v) is 15.9. The Bertz CT molecular complexity index is 604. The van der Waals surface area contributed by atoms with Crippen LogP contribution in [0.5, 0.6) is 0 Å². The molecular weight excluding hydrogens is 332 g/mol. The van der Waals surface area contributed by atoms with Crippen LogP contribution in [0.3, 0.4) is 0 Å².